The van der Waals surface area contributed by atoms with Gasteiger partial charge in [0, 0.05) is 24.4 Å². The number of carbonyl (C=O) groups is 2. The first-order valence-corrected chi connectivity index (χ1v) is 15.2. The van der Waals surface area contributed by atoms with Crippen molar-refractivity contribution in [3.05, 3.63) is 62.8 Å². The van der Waals surface area contributed by atoms with Crippen molar-refractivity contribution in [3.63, 3.8) is 0 Å². The summed E-state index contributed by atoms with van der Waals surface area (Å²) in [5, 5.41) is 12.3. The fraction of sp³-hybridized carbons (Fsp3) is 0.594. The molecule has 0 bridgehead atoms. The second-order valence-electron chi connectivity index (χ2n) is 13.6. The lowest BCUT2D eigenvalue weighted by Crippen LogP contribution is -2.41. The number of aryl methyl sites for hydroxylation is 1. The number of amides is 1. The van der Waals surface area contributed by atoms with Crippen LogP contribution in [0.4, 0.5) is 17.6 Å². The largest absolute Gasteiger partial charge is 0.494 e. The molecule has 9 nitrogen and oxygen atoms in total. The third-order valence-corrected chi connectivity index (χ3v) is 8.53. The second-order valence-corrected chi connectivity index (χ2v) is 13.6. The predicted molar refractivity (Wildman–Crippen MR) is 166 cm³/mol. The summed E-state index contributed by atoms with van der Waals surface area (Å²) in [5.74, 6) is -3.11. The van der Waals surface area contributed by atoms with Crippen LogP contribution >= 0.6 is 0 Å². The number of aliphatic carboxylic acids is 1. The van der Waals surface area contributed by atoms with Crippen molar-refractivity contribution < 1.29 is 41.6 Å². The molecule has 1 unspecified atom stereocenters. The number of nitrogens with zero attached hydrogens (tertiary/aromatic N) is 2. The summed E-state index contributed by atoms with van der Waals surface area (Å²) >= 11 is 0. The lowest BCUT2D eigenvalue weighted by Gasteiger charge is -2.32. The Morgan fingerprint density at radius 3 is 2.17 bits per heavy atom. The van der Waals surface area contributed by atoms with Gasteiger partial charge in [0.2, 0.25) is 5.91 Å². The van der Waals surface area contributed by atoms with Crippen LogP contribution in [0.5, 0.6) is 0 Å². The van der Waals surface area contributed by atoms with Crippen molar-refractivity contribution in [2.24, 2.45) is 5.92 Å². The van der Waals surface area contributed by atoms with Crippen molar-refractivity contribution in [2.75, 3.05) is 20.6 Å². The van der Waals surface area contributed by atoms with E-state index in [4.69, 9.17) is 9.31 Å². The Kier molecular flexibility index (Phi) is 11.2. The number of hydrogen-bond donors (Lipinski definition) is 2. The topological polar surface area (TPSA) is 110 Å². The number of nitrogens with one attached hydrogen (secondary N) is 1. The smallest absolute Gasteiger partial charge is 0.481 e. The zero-order valence-corrected chi connectivity index (χ0v) is 27.8. The number of carboxylic acid groups (broad SMARTS) is 1. The van der Waals surface area contributed by atoms with Crippen LogP contribution in [0.25, 0.3) is 0 Å². The highest BCUT2D eigenvalue weighted by molar-refractivity contribution is 6.62. The highest BCUT2D eigenvalue weighted by Gasteiger charge is 2.52. The minimum atomic E-state index is -4.79. The van der Waals surface area contributed by atoms with Crippen molar-refractivity contribution in [2.45, 2.75) is 97.2 Å². The van der Waals surface area contributed by atoms with Gasteiger partial charge in [-0.1, -0.05) is 26.0 Å². The lowest BCUT2D eigenvalue weighted by atomic mass is 9.76. The Morgan fingerprint density at radius 2 is 1.67 bits per heavy atom. The summed E-state index contributed by atoms with van der Waals surface area (Å²) in [6, 6.07) is 0.703. The summed E-state index contributed by atoms with van der Waals surface area (Å²) in [5.41, 5.74) is -3.26. The number of benzene rings is 1. The van der Waals surface area contributed by atoms with E-state index in [1.54, 1.807) is 32.8 Å². The van der Waals surface area contributed by atoms with Crippen LogP contribution < -0.4 is 16.3 Å². The van der Waals surface area contributed by atoms with Crippen molar-refractivity contribution in [3.8, 4) is 0 Å². The summed E-state index contributed by atoms with van der Waals surface area (Å²) in [6.07, 6.45) is -4.45. The first kappa shape index (κ1) is 37.2. The Hall–Kier alpha value is -3.23. The van der Waals surface area contributed by atoms with Crippen molar-refractivity contribution in [1.82, 2.24) is 14.8 Å². The van der Waals surface area contributed by atoms with Crippen LogP contribution in [-0.2, 0) is 31.5 Å². The molecule has 0 spiro atoms. The van der Waals surface area contributed by atoms with E-state index in [1.165, 1.54) is 19.1 Å². The van der Waals surface area contributed by atoms with Crippen molar-refractivity contribution in [1.29, 1.82) is 0 Å². The molecular weight excluding hydrogens is 609 g/mol. The van der Waals surface area contributed by atoms with Gasteiger partial charge in [0.05, 0.1) is 29.2 Å². The van der Waals surface area contributed by atoms with Crippen LogP contribution in [0.2, 0.25) is 0 Å². The highest BCUT2D eigenvalue weighted by Crippen LogP contribution is 2.37. The van der Waals surface area contributed by atoms with Crippen molar-refractivity contribution >= 4 is 24.5 Å². The number of hydrogen-bond acceptors (Lipinski definition) is 6. The van der Waals surface area contributed by atoms with Gasteiger partial charge in [0.1, 0.15) is 11.9 Å². The number of halogens is 4. The Morgan fingerprint density at radius 1 is 1.09 bits per heavy atom. The van der Waals surface area contributed by atoms with E-state index in [9.17, 15) is 32.7 Å². The van der Waals surface area contributed by atoms with E-state index in [1.807, 2.05) is 27.7 Å². The molecule has 1 saturated heterocycles. The SMILES string of the molecule is Cc1cc(B2OC(C)(C)C(C)(C)O2)cc([C@H](CC(=O)O)NC(=O)C(CC(C)C)n2cc(CCN(C)C)c(C(F)(F)F)cc2=O)c1F. The molecule has 46 heavy (non-hydrogen) atoms. The Balaban J connectivity index is 2.09. The molecule has 0 radical (unpaired) electrons. The van der Waals surface area contributed by atoms with E-state index in [2.05, 4.69) is 5.32 Å². The molecule has 254 valence electrons. The van der Waals surface area contributed by atoms with E-state index in [0.29, 0.717) is 11.5 Å². The number of aromatic nitrogens is 1. The molecule has 14 heteroatoms. The molecule has 1 aliphatic heterocycles. The van der Waals surface area contributed by atoms with Gasteiger partial charge in [0.25, 0.3) is 5.56 Å². The molecule has 2 heterocycles. The van der Waals surface area contributed by atoms with Gasteiger partial charge in [0.15, 0.2) is 0 Å². The average molecular weight is 654 g/mol. The minimum absolute atomic E-state index is 0.0412. The van der Waals surface area contributed by atoms with Gasteiger partial charge in [-0.05, 0) is 84.1 Å². The van der Waals surface area contributed by atoms with Gasteiger partial charge < -0.3 is 29.2 Å². The maximum absolute atomic E-state index is 15.7. The summed E-state index contributed by atoms with van der Waals surface area (Å²) in [4.78, 5) is 40.7. The number of alkyl halides is 3. The third-order valence-electron chi connectivity index (χ3n) is 8.53. The Bertz CT molecular complexity index is 1490. The molecule has 1 fully saturated rings. The number of likely N-dealkylation sites (N-methyl/N-ethyl adjacent to an activating group) is 1. The summed E-state index contributed by atoms with van der Waals surface area (Å²) < 4.78 is 70.5. The predicted octanol–water partition coefficient (Wildman–Crippen LogP) is 4.64. The Labute approximate surface area is 267 Å². The van der Waals surface area contributed by atoms with Gasteiger partial charge in [-0.2, -0.15) is 13.2 Å². The van der Waals surface area contributed by atoms with Crippen LogP contribution in [0.3, 0.4) is 0 Å². The van der Waals surface area contributed by atoms with Gasteiger partial charge in [-0.3, -0.25) is 14.4 Å². The third kappa shape index (κ3) is 8.57. The molecule has 1 aromatic heterocycles. The molecule has 1 aliphatic rings. The van der Waals surface area contributed by atoms with E-state index in [0.717, 1.165) is 10.8 Å². The van der Waals surface area contributed by atoms with E-state index >= 15 is 4.39 Å². The summed E-state index contributed by atoms with van der Waals surface area (Å²) in [6.45, 7) is 12.7. The second kappa shape index (κ2) is 13.9. The highest BCUT2D eigenvalue weighted by atomic mass is 19.4. The van der Waals surface area contributed by atoms with Gasteiger partial charge >= 0.3 is 19.3 Å². The lowest BCUT2D eigenvalue weighted by molar-refractivity contribution is -0.139. The molecule has 0 aliphatic carbocycles. The molecule has 3 rings (SSSR count). The molecule has 1 amide bonds. The monoisotopic (exact) mass is 653 g/mol. The molecule has 2 aromatic rings. The molecule has 2 N–H and O–H groups in total. The minimum Gasteiger partial charge on any atom is -0.481 e. The molecule has 1 aromatic carbocycles. The number of pyridine rings is 1. The van der Waals surface area contributed by atoms with Gasteiger partial charge in [-0.25, -0.2) is 4.39 Å². The number of carbonyl (C=O) groups excluding carboxylic acids is 1. The number of carboxylic acids is 1. The first-order valence-electron chi connectivity index (χ1n) is 15.2. The van der Waals surface area contributed by atoms with E-state index < -0.39 is 71.8 Å². The average Bonchev–Trinajstić information content (AvgIpc) is 3.12. The fourth-order valence-corrected chi connectivity index (χ4v) is 5.31. The van der Waals surface area contributed by atoms with Crippen LogP contribution in [0, 0.1) is 18.7 Å². The molecule has 0 saturated carbocycles. The zero-order valence-electron chi connectivity index (χ0n) is 27.8. The maximum atomic E-state index is 15.7. The van der Waals surface area contributed by atoms with Crippen LogP contribution in [-0.4, -0.2) is 65.4 Å². The normalized spacial score (nSPS) is 17.4. The van der Waals surface area contributed by atoms with Crippen LogP contribution in [0.15, 0.2) is 29.2 Å². The fourth-order valence-electron chi connectivity index (χ4n) is 5.31. The molecule has 2 atom stereocenters. The quantitative estimate of drug-likeness (QED) is 0.254. The van der Waals surface area contributed by atoms with Crippen LogP contribution in [0.1, 0.15) is 88.7 Å². The summed E-state index contributed by atoms with van der Waals surface area (Å²) in [7, 11) is 2.50. The standard InChI is InChI=1S/C32H44BF4N3O6/c1-18(2)12-25(40-17-20(10-11-39(8)9)23(15-26(40)41)32(35,36)37)29(44)38-24(16-27(42)43)22-14-21(13-19(3)28(22)34)33-45-30(4,5)31(6,7)46-33/h13-15,17-18,24-25H,10-12,16H2,1-9H3,(H,38,44)(H,42,43)/t24-,25?/m0/s1. The number of rotatable bonds is 12. The maximum Gasteiger partial charge on any atom is 0.494 e. The molecular formula is C32H44BF4N3O6. The van der Waals surface area contributed by atoms with Gasteiger partial charge in [-0.15, -0.1) is 0 Å². The first-order chi connectivity index (χ1) is 21.0. The zero-order chi connectivity index (χ0) is 34.9. The van der Waals surface area contributed by atoms with E-state index in [-0.39, 0.29) is 42.0 Å².